The maximum absolute atomic E-state index is 12.3. The van der Waals surface area contributed by atoms with Gasteiger partial charge in [0.05, 0.1) is 13.2 Å². The average molecular weight is 240 g/mol. The molecule has 0 aromatic heterocycles. The molecule has 1 aromatic rings. The fourth-order valence-electron chi connectivity index (χ4n) is 1.11. The molecule has 0 amide bonds. The summed E-state index contributed by atoms with van der Waals surface area (Å²) in [6.07, 6.45) is -2.66. The van der Waals surface area contributed by atoms with Crippen molar-refractivity contribution in [1.82, 2.24) is 0 Å². The summed E-state index contributed by atoms with van der Waals surface area (Å²) in [5.41, 5.74) is 5.43. The van der Waals surface area contributed by atoms with Gasteiger partial charge in [0, 0.05) is 11.6 Å². The van der Waals surface area contributed by atoms with Gasteiger partial charge in [0.2, 0.25) is 0 Å². The van der Waals surface area contributed by atoms with E-state index in [0.717, 1.165) is 0 Å². The molecule has 3 N–H and O–H groups in total. The van der Waals surface area contributed by atoms with Crippen molar-refractivity contribution in [3.63, 3.8) is 0 Å². The lowest BCUT2D eigenvalue weighted by atomic mass is 10.1. The van der Waals surface area contributed by atoms with E-state index in [1.807, 2.05) is 0 Å². The number of alkyl halides is 2. The van der Waals surface area contributed by atoms with E-state index in [4.69, 9.17) is 15.6 Å². The van der Waals surface area contributed by atoms with Crippen LogP contribution in [-0.4, -0.2) is 18.6 Å². The summed E-state index contributed by atoms with van der Waals surface area (Å²) in [6, 6.07) is 2.47. The molecule has 0 saturated heterocycles. The normalized spacial score (nSPS) is 12.1. The predicted octanol–water partition coefficient (Wildman–Crippen LogP) is 2.09. The molecule has 0 saturated carbocycles. The van der Waals surface area contributed by atoms with Crippen LogP contribution in [0.4, 0.5) is 8.78 Å². The van der Waals surface area contributed by atoms with Gasteiger partial charge in [-0.05, 0) is 12.1 Å². The van der Waals surface area contributed by atoms with Gasteiger partial charge in [-0.2, -0.15) is 0 Å². The molecule has 6 heteroatoms. The Morgan fingerprint density at radius 1 is 1.40 bits per heavy atom. The summed E-state index contributed by atoms with van der Waals surface area (Å²) >= 11 is 0. The van der Waals surface area contributed by atoms with E-state index >= 15 is 0 Å². The van der Waals surface area contributed by atoms with Crippen molar-refractivity contribution in [1.29, 1.82) is 0 Å². The summed E-state index contributed by atoms with van der Waals surface area (Å²) in [6.45, 7) is 0. The minimum atomic E-state index is -2.66. The van der Waals surface area contributed by atoms with Crippen LogP contribution in [0.5, 0.6) is 11.5 Å². The Labute approximate surface area is 92.3 Å². The van der Waals surface area contributed by atoms with E-state index in [0.29, 0.717) is 0 Å². The third kappa shape index (κ3) is 3.21. The SMILES string of the molecule is COc1cc(O)ccc1[C@@H](N)C(F)F.Cl. The standard InChI is InChI=1S/C9H11F2NO2.ClH/c1-14-7-4-5(13)2-3-6(7)8(12)9(10)11;/h2-4,8-9,13H,12H2,1H3;1H/t8-;/m1./s1. The van der Waals surface area contributed by atoms with Gasteiger partial charge in [-0.15, -0.1) is 12.4 Å². The van der Waals surface area contributed by atoms with Crippen LogP contribution < -0.4 is 10.5 Å². The van der Waals surface area contributed by atoms with Gasteiger partial charge in [-0.1, -0.05) is 0 Å². The highest BCUT2D eigenvalue weighted by molar-refractivity contribution is 5.85. The Morgan fingerprint density at radius 2 is 2.00 bits per heavy atom. The van der Waals surface area contributed by atoms with Gasteiger partial charge in [0.1, 0.15) is 11.5 Å². The van der Waals surface area contributed by atoms with Crippen molar-refractivity contribution in [3.8, 4) is 11.5 Å². The number of halogens is 3. The Bertz CT molecular complexity index is 323. The molecular formula is C9H12ClF2NO2. The van der Waals surface area contributed by atoms with E-state index in [-0.39, 0.29) is 29.5 Å². The zero-order chi connectivity index (χ0) is 10.7. The maximum atomic E-state index is 12.3. The maximum Gasteiger partial charge on any atom is 0.257 e. The Kier molecular flexibility index (Phi) is 5.32. The van der Waals surface area contributed by atoms with Gasteiger partial charge < -0.3 is 15.6 Å². The lowest BCUT2D eigenvalue weighted by molar-refractivity contribution is 0.115. The zero-order valence-corrected chi connectivity index (χ0v) is 8.80. The first-order valence-electron chi connectivity index (χ1n) is 3.97. The molecular weight excluding hydrogens is 228 g/mol. The summed E-state index contributed by atoms with van der Waals surface area (Å²) in [5, 5.41) is 9.08. The second kappa shape index (κ2) is 5.72. The Morgan fingerprint density at radius 3 is 2.47 bits per heavy atom. The van der Waals surface area contributed by atoms with Crippen molar-refractivity contribution in [2.75, 3.05) is 7.11 Å². The number of phenolic OH excluding ortho intramolecular Hbond substituents is 1. The van der Waals surface area contributed by atoms with Crippen LogP contribution in [0.1, 0.15) is 11.6 Å². The van der Waals surface area contributed by atoms with Crippen molar-refractivity contribution >= 4 is 12.4 Å². The molecule has 0 bridgehead atoms. The first kappa shape index (κ1) is 13.9. The zero-order valence-electron chi connectivity index (χ0n) is 7.98. The molecule has 0 aliphatic carbocycles. The highest BCUT2D eigenvalue weighted by atomic mass is 35.5. The van der Waals surface area contributed by atoms with Crippen molar-refractivity contribution < 1.29 is 18.6 Å². The topological polar surface area (TPSA) is 55.5 Å². The molecule has 15 heavy (non-hydrogen) atoms. The number of hydrogen-bond acceptors (Lipinski definition) is 3. The number of ether oxygens (including phenoxy) is 1. The van der Waals surface area contributed by atoms with Crippen LogP contribution in [0, 0.1) is 0 Å². The summed E-state index contributed by atoms with van der Waals surface area (Å²) in [4.78, 5) is 0. The molecule has 0 heterocycles. The van der Waals surface area contributed by atoms with E-state index in [1.54, 1.807) is 0 Å². The molecule has 1 rings (SSSR count). The Balaban J connectivity index is 0.00000196. The lowest BCUT2D eigenvalue weighted by Gasteiger charge is -2.14. The van der Waals surface area contributed by atoms with Crippen LogP contribution >= 0.6 is 12.4 Å². The third-order valence-corrected chi connectivity index (χ3v) is 1.85. The molecule has 3 nitrogen and oxygen atoms in total. The number of benzene rings is 1. The lowest BCUT2D eigenvalue weighted by Crippen LogP contribution is -2.19. The largest absolute Gasteiger partial charge is 0.508 e. The predicted molar refractivity (Wildman–Crippen MR) is 54.8 cm³/mol. The molecule has 0 aliphatic rings. The van der Waals surface area contributed by atoms with E-state index in [2.05, 4.69) is 0 Å². The Hall–Kier alpha value is -1.07. The van der Waals surface area contributed by atoms with Crippen LogP contribution in [0.3, 0.4) is 0 Å². The van der Waals surface area contributed by atoms with Crippen molar-refractivity contribution in [2.45, 2.75) is 12.5 Å². The van der Waals surface area contributed by atoms with E-state index < -0.39 is 12.5 Å². The molecule has 0 radical (unpaired) electrons. The fourth-order valence-corrected chi connectivity index (χ4v) is 1.11. The van der Waals surface area contributed by atoms with Crippen LogP contribution in [0.2, 0.25) is 0 Å². The number of aromatic hydroxyl groups is 1. The average Bonchev–Trinajstić information content (AvgIpc) is 2.16. The number of rotatable bonds is 3. The highest BCUT2D eigenvalue weighted by Gasteiger charge is 2.21. The summed E-state index contributed by atoms with van der Waals surface area (Å²) in [5.74, 6) is 0.116. The number of hydrogen-bond donors (Lipinski definition) is 2. The second-order valence-electron chi connectivity index (χ2n) is 2.79. The molecule has 0 unspecified atom stereocenters. The third-order valence-electron chi connectivity index (χ3n) is 1.85. The fraction of sp³-hybridized carbons (Fsp3) is 0.333. The van der Waals surface area contributed by atoms with Gasteiger partial charge in [0.25, 0.3) is 6.43 Å². The molecule has 1 aromatic carbocycles. The molecule has 0 fully saturated rings. The van der Waals surface area contributed by atoms with Crippen LogP contribution in [0.25, 0.3) is 0 Å². The van der Waals surface area contributed by atoms with Crippen molar-refractivity contribution in [3.05, 3.63) is 23.8 Å². The van der Waals surface area contributed by atoms with E-state index in [9.17, 15) is 8.78 Å². The molecule has 0 spiro atoms. The number of methoxy groups -OCH3 is 1. The van der Waals surface area contributed by atoms with Gasteiger partial charge in [-0.3, -0.25) is 0 Å². The van der Waals surface area contributed by atoms with Crippen molar-refractivity contribution in [2.24, 2.45) is 5.73 Å². The van der Waals surface area contributed by atoms with Crippen LogP contribution in [-0.2, 0) is 0 Å². The first-order chi connectivity index (χ1) is 6.56. The molecule has 0 aliphatic heterocycles. The van der Waals surface area contributed by atoms with Gasteiger partial charge in [-0.25, -0.2) is 8.78 Å². The molecule has 1 atom stereocenters. The summed E-state index contributed by atoms with van der Waals surface area (Å²) < 4.78 is 29.4. The molecule has 86 valence electrons. The highest BCUT2D eigenvalue weighted by Crippen LogP contribution is 2.30. The smallest absolute Gasteiger partial charge is 0.257 e. The van der Waals surface area contributed by atoms with Crippen LogP contribution in [0.15, 0.2) is 18.2 Å². The quantitative estimate of drug-likeness (QED) is 0.849. The van der Waals surface area contributed by atoms with E-state index in [1.165, 1.54) is 25.3 Å². The van der Waals surface area contributed by atoms with Gasteiger partial charge in [0.15, 0.2) is 0 Å². The number of nitrogens with two attached hydrogens (primary N) is 1. The monoisotopic (exact) mass is 239 g/mol. The summed E-state index contributed by atoms with van der Waals surface area (Å²) in [7, 11) is 1.33. The minimum absolute atomic E-state index is 0. The number of phenols is 1. The van der Waals surface area contributed by atoms with Gasteiger partial charge >= 0.3 is 0 Å². The first-order valence-corrected chi connectivity index (χ1v) is 3.97. The minimum Gasteiger partial charge on any atom is -0.508 e. The second-order valence-corrected chi connectivity index (χ2v) is 2.79.